The molecule has 0 rings (SSSR count). The van der Waals surface area contributed by atoms with Crippen molar-refractivity contribution in [2.75, 3.05) is 32.8 Å². The second-order valence-electron chi connectivity index (χ2n) is 2.63. The summed E-state index contributed by atoms with van der Waals surface area (Å²) in [6, 6.07) is 0. The van der Waals surface area contributed by atoms with Crippen molar-refractivity contribution < 1.29 is 15.4 Å². The van der Waals surface area contributed by atoms with Gasteiger partial charge < -0.3 is 21.2 Å². The molecule has 0 aromatic carbocycles. The molecule has 0 aromatic heterocycles. The number of rotatable bonds is 7. The molecule has 0 saturated carbocycles. The van der Waals surface area contributed by atoms with Crippen LogP contribution in [0.25, 0.3) is 0 Å². The summed E-state index contributed by atoms with van der Waals surface area (Å²) in [6.45, 7) is 1.61. The van der Waals surface area contributed by atoms with Gasteiger partial charge in [0, 0.05) is 26.1 Å². The average Bonchev–Trinajstić information content (AvgIpc) is 2.14. The molecule has 0 aromatic rings. The third-order valence-electron chi connectivity index (χ3n) is 1.65. The van der Waals surface area contributed by atoms with Crippen LogP contribution < -0.4 is 5.73 Å². The van der Waals surface area contributed by atoms with Crippen molar-refractivity contribution in [2.45, 2.75) is 6.42 Å². The van der Waals surface area contributed by atoms with E-state index in [4.69, 9.17) is 21.2 Å². The molecule has 13 heavy (non-hydrogen) atoms. The van der Waals surface area contributed by atoms with E-state index in [2.05, 4.69) is 5.16 Å². The first-order valence-corrected chi connectivity index (χ1v) is 4.15. The van der Waals surface area contributed by atoms with E-state index in [-0.39, 0.29) is 19.0 Å². The first-order valence-electron chi connectivity index (χ1n) is 4.15. The number of aliphatic hydroxyl groups is 2. The molecule has 0 atom stereocenters. The van der Waals surface area contributed by atoms with Crippen molar-refractivity contribution in [1.82, 2.24) is 4.90 Å². The number of hydrogen-bond donors (Lipinski definition) is 4. The molecule has 0 spiro atoms. The van der Waals surface area contributed by atoms with Gasteiger partial charge in [-0.05, 0) is 0 Å². The monoisotopic (exact) mass is 191 g/mol. The minimum atomic E-state index is 0.0379. The van der Waals surface area contributed by atoms with Gasteiger partial charge in [-0.15, -0.1) is 0 Å². The van der Waals surface area contributed by atoms with E-state index in [1.165, 1.54) is 0 Å². The summed E-state index contributed by atoms with van der Waals surface area (Å²) in [5.41, 5.74) is 5.26. The zero-order valence-electron chi connectivity index (χ0n) is 7.56. The van der Waals surface area contributed by atoms with Crippen LogP contribution in [-0.4, -0.2) is 59.0 Å². The molecule has 0 aliphatic rings. The third kappa shape index (κ3) is 6.32. The van der Waals surface area contributed by atoms with Gasteiger partial charge in [-0.1, -0.05) is 5.16 Å². The molecule has 5 N–H and O–H groups in total. The molecule has 0 saturated heterocycles. The number of nitrogens with zero attached hydrogens (tertiary/aromatic N) is 2. The van der Waals surface area contributed by atoms with Crippen LogP contribution in [0.15, 0.2) is 5.16 Å². The number of amidine groups is 1. The zero-order chi connectivity index (χ0) is 10.1. The fraction of sp³-hybridized carbons (Fsp3) is 0.857. The Morgan fingerprint density at radius 1 is 1.15 bits per heavy atom. The van der Waals surface area contributed by atoms with Crippen molar-refractivity contribution >= 4 is 5.84 Å². The van der Waals surface area contributed by atoms with Gasteiger partial charge in [-0.2, -0.15) is 0 Å². The van der Waals surface area contributed by atoms with Crippen LogP contribution in [0.2, 0.25) is 0 Å². The lowest BCUT2D eigenvalue weighted by molar-refractivity contribution is 0.163. The lowest BCUT2D eigenvalue weighted by Crippen LogP contribution is -2.33. The first kappa shape index (κ1) is 12.2. The highest BCUT2D eigenvalue weighted by molar-refractivity contribution is 5.79. The van der Waals surface area contributed by atoms with Crippen LogP contribution >= 0.6 is 0 Å². The van der Waals surface area contributed by atoms with E-state index in [0.29, 0.717) is 26.1 Å². The van der Waals surface area contributed by atoms with Crippen LogP contribution in [0.4, 0.5) is 0 Å². The lowest BCUT2D eigenvalue weighted by atomic mass is 10.3. The van der Waals surface area contributed by atoms with Crippen molar-refractivity contribution in [1.29, 1.82) is 0 Å². The van der Waals surface area contributed by atoms with Gasteiger partial charge in [0.25, 0.3) is 0 Å². The summed E-state index contributed by atoms with van der Waals surface area (Å²) in [5.74, 6) is 0.154. The standard InChI is InChI=1S/C7H17N3O3/c8-7(9-13)1-2-10(3-5-11)4-6-12/h11-13H,1-6H2,(H2,8,9). The Kier molecular flexibility index (Phi) is 7.27. The van der Waals surface area contributed by atoms with Gasteiger partial charge in [0.1, 0.15) is 5.84 Å². The third-order valence-corrected chi connectivity index (χ3v) is 1.65. The molecule has 0 radical (unpaired) electrons. The molecule has 6 heteroatoms. The lowest BCUT2D eigenvalue weighted by Gasteiger charge is -2.19. The molecule has 78 valence electrons. The molecule has 0 heterocycles. The topological polar surface area (TPSA) is 102 Å². The van der Waals surface area contributed by atoms with E-state index < -0.39 is 0 Å². The average molecular weight is 191 g/mol. The Morgan fingerprint density at radius 2 is 1.69 bits per heavy atom. The van der Waals surface area contributed by atoms with Crippen LogP contribution in [0.5, 0.6) is 0 Å². The van der Waals surface area contributed by atoms with Gasteiger partial charge in [0.05, 0.1) is 13.2 Å². The predicted molar refractivity (Wildman–Crippen MR) is 48.6 cm³/mol. The number of hydrogen-bond acceptors (Lipinski definition) is 5. The molecule has 0 fully saturated rings. The summed E-state index contributed by atoms with van der Waals surface area (Å²) in [5, 5.41) is 28.4. The second-order valence-corrected chi connectivity index (χ2v) is 2.63. The fourth-order valence-electron chi connectivity index (χ4n) is 0.941. The summed E-state index contributed by atoms with van der Waals surface area (Å²) >= 11 is 0. The first-order chi connectivity index (χ1) is 6.24. The highest BCUT2D eigenvalue weighted by Crippen LogP contribution is 1.90. The molecule has 0 aliphatic carbocycles. The Morgan fingerprint density at radius 3 is 2.08 bits per heavy atom. The molecule has 0 aliphatic heterocycles. The summed E-state index contributed by atoms with van der Waals surface area (Å²) in [7, 11) is 0. The van der Waals surface area contributed by atoms with Crippen LogP contribution in [0.3, 0.4) is 0 Å². The molecule has 6 nitrogen and oxygen atoms in total. The van der Waals surface area contributed by atoms with Crippen molar-refractivity contribution in [3.8, 4) is 0 Å². The normalized spacial score (nSPS) is 12.4. The zero-order valence-corrected chi connectivity index (χ0v) is 7.56. The van der Waals surface area contributed by atoms with Gasteiger partial charge in [-0.3, -0.25) is 4.90 Å². The molecule has 0 amide bonds. The second kappa shape index (κ2) is 7.78. The van der Waals surface area contributed by atoms with Crippen LogP contribution in [0, 0.1) is 0 Å². The van der Waals surface area contributed by atoms with Gasteiger partial charge in [-0.25, -0.2) is 0 Å². The minimum Gasteiger partial charge on any atom is -0.409 e. The van der Waals surface area contributed by atoms with E-state index in [9.17, 15) is 0 Å². The van der Waals surface area contributed by atoms with E-state index in [0.717, 1.165) is 0 Å². The Hall–Kier alpha value is -0.850. The highest BCUT2D eigenvalue weighted by Gasteiger charge is 2.04. The highest BCUT2D eigenvalue weighted by atomic mass is 16.4. The largest absolute Gasteiger partial charge is 0.409 e. The molecule has 0 bridgehead atoms. The van der Waals surface area contributed by atoms with Crippen LogP contribution in [-0.2, 0) is 0 Å². The Bertz CT molecular complexity index is 146. The van der Waals surface area contributed by atoms with Crippen molar-refractivity contribution in [2.24, 2.45) is 10.9 Å². The maximum absolute atomic E-state index is 8.65. The number of nitrogens with two attached hydrogens (primary N) is 1. The fourth-order valence-corrected chi connectivity index (χ4v) is 0.941. The van der Waals surface area contributed by atoms with E-state index in [1.807, 2.05) is 4.90 Å². The quantitative estimate of drug-likeness (QED) is 0.168. The minimum absolute atomic E-state index is 0.0379. The molecule has 0 unspecified atom stereocenters. The summed E-state index contributed by atoms with van der Waals surface area (Å²) in [6.07, 6.45) is 0.427. The van der Waals surface area contributed by atoms with Gasteiger partial charge in [0.2, 0.25) is 0 Å². The van der Waals surface area contributed by atoms with E-state index in [1.54, 1.807) is 0 Å². The van der Waals surface area contributed by atoms with E-state index >= 15 is 0 Å². The maximum Gasteiger partial charge on any atom is 0.140 e. The summed E-state index contributed by atoms with van der Waals surface area (Å²) in [4.78, 5) is 1.83. The van der Waals surface area contributed by atoms with Crippen molar-refractivity contribution in [3.63, 3.8) is 0 Å². The maximum atomic E-state index is 8.65. The number of oxime groups is 1. The van der Waals surface area contributed by atoms with Crippen LogP contribution in [0.1, 0.15) is 6.42 Å². The predicted octanol–water partition coefficient (Wildman–Crippen LogP) is -1.59. The SMILES string of the molecule is NC(CCN(CCO)CCO)=NO. The van der Waals surface area contributed by atoms with Gasteiger partial charge in [0.15, 0.2) is 0 Å². The molecular formula is C7H17N3O3. The van der Waals surface area contributed by atoms with Gasteiger partial charge >= 0.3 is 0 Å². The number of aliphatic hydroxyl groups excluding tert-OH is 2. The Balaban J connectivity index is 3.67. The summed E-state index contributed by atoms with van der Waals surface area (Å²) < 4.78 is 0. The smallest absolute Gasteiger partial charge is 0.140 e. The van der Waals surface area contributed by atoms with Crippen molar-refractivity contribution in [3.05, 3.63) is 0 Å². The molecular weight excluding hydrogens is 174 g/mol. The Labute approximate surface area is 77.3 Å².